The van der Waals surface area contributed by atoms with Crippen LogP contribution >= 0.6 is 0 Å². The Labute approximate surface area is 114 Å². The topological polar surface area (TPSA) is 37.8 Å². The Morgan fingerprint density at radius 1 is 1.05 bits per heavy atom. The Kier molecular flexibility index (Phi) is 2.56. The molecule has 1 saturated carbocycles. The molecule has 0 atom stereocenters. The summed E-state index contributed by atoms with van der Waals surface area (Å²) in [4.78, 5) is 8.67. The minimum atomic E-state index is 0.406. The van der Waals surface area contributed by atoms with Gasteiger partial charge in [-0.3, -0.25) is 0 Å². The van der Waals surface area contributed by atoms with Crippen molar-refractivity contribution < 1.29 is 0 Å². The van der Waals surface area contributed by atoms with E-state index in [0.29, 0.717) is 16.7 Å². The number of rotatable bonds is 3. The summed E-state index contributed by atoms with van der Waals surface area (Å²) in [6.45, 7) is 10.4. The van der Waals surface area contributed by atoms with Crippen molar-refractivity contribution in [2.45, 2.75) is 27.7 Å². The van der Waals surface area contributed by atoms with Crippen molar-refractivity contribution in [1.82, 2.24) is 9.97 Å². The van der Waals surface area contributed by atoms with Gasteiger partial charge in [-0.1, -0.05) is 39.8 Å². The van der Waals surface area contributed by atoms with Crippen LogP contribution in [0.15, 0.2) is 30.6 Å². The van der Waals surface area contributed by atoms with E-state index in [1.54, 1.807) is 6.33 Å². The van der Waals surface area contributed by atoms with Crippen molar-refractivity contribution in [3.63, 3.8) is 0 Å². The Bertz CT molecular complexity index is 597. The van der Waals surface area contributed by atoms with E-state index in [2.05, 4.69) is 49.0 Å². The molecule has 1 fully saturated rings. The van der Waals surface area contributed by atoms with Crippen LogP contribution in [-0.4, -0.2) is 16.5 Å². The molecular formula is C16H21N3. The average molecular weight is 255 g/mol. The van der Waals surface area contributed by atoms with E-state index in [9.17, 15) is 0 Å². The molecule has 3 heteroatoms. The zero-order valence-corrected chi connectivity index (χ0v) is 12.1. The van der Waals surface area contributed by atoms with E-state index in [1.165, 1.54) is 0 Å². The second-order valence-electron chi connectivity index (χ2n) is 6.62. The summed E-state index contributed by atoms with van der Waals surface area (Å²) >= 11 is 0. The molecule has 3 rings (SSSR count). The van der Waals surface area contributed by atoms with Crippen LogP contribution in [0.2, 0.25) is 0 Å². The molecule has 0 saturated heterocycles. The quantitative estimate of drug-likeness (QED) is 0.908. The fourth-order valence-electron chi connectivity index (χ4n) is 3.19. The standard InChI is InChI=1S/C16H21N3/c1-15(2)13(16(15,3)4)9-17-14-11-7-5-6-8-12(11)18-10-19-14/h5-8,10,13H,9H2,1-4H3,(H,17,18,19). The van der Waals surface area contributed by atoms with Gasteiger partial charge < -0.3 is 5.32 Å². The first kappa shape index (κ1) is 12.4. The van der Waals surface area contributed by atoms with Crippen LogP contribution in [-0.2, 0) is 0 Å². The minimum Gasteiger partial charge on any atom is -0.369 e. The Balaban J connectivity index is 1.81. The van der Waals surface area contributed by atoms with Crippen molar-refractivity contribution in [2.24, 2.45) is 16.7 Å². The second kappa shape index (κ2) is 3.92. The molecule has 1 aromatic heterocycles. The van der Waals surface area contributed by atoms with Gasteiger partial charge in [-0.15, -0.1) is 0 Å². The van der Waals surface area contributed by atoms with Gasteiger partial charge in [0.2, 0.25) is 0 Å². The highest BCUT2D eigenvalue weighted by Crippen LogP contribution is 2.68. The third kappa shape index (κ3) is 1.79. The smallest absolute Gasteiger partial charge is 0.137 e. The number of nitrogens with zero attached hydrogens (tertiary/aromatic N) is 2. The number of benzene rings is 1. The summed E-state index contributed by atoms with van der Waals surface area (Å²) in [5.41, 5.74) is 1.81. The van der Waals surface area contributed by atoms with Crippen LogP contribution in [0, 0.1) is 16.7 Å². The first-order valence-electron chi connectivity index (χ1n) is 6.88. The fraction of sp³-hybridized carbons (Fsp3) is 0.500. The van der Waals surface area contributed by atoms with Crippen molar-refractivity contribution in [3.8, 4) is 0 Å². The highest BCUT2D eigenvalue weighted by atomic mass is 15.0. The molecule has 0 spiro atoms. The molecule has 0 amide bonds. The van der Waals surface area contributed by atoms with E-state index < -0.39 is 0 Å². The molecule has 100 valence electrons. The predicted octanol–water partition coefficient (Wildman–Crippen LogP) is 3.72. The van der Waals surface area contributed by atoms with Crippen LogP contribution in [0.25, 0.3) is 10.9 Å². The van der Waals surface area contributed by atoms with E-state index >= 15 is 0 Å². The van der Waals surface area contributed by atoms with Gasteiger partial charge in [0.05, 0.1) is 5.52 Å². The molecule has 1 aromatic carbocycles. The van der Waals surface area contributed by atoms with Crippen LogP contribution < -0.4 is 5.32 Å². The number of nitrogens with one attached hydrogen (secondary N) is 1. The molecule has 0 unspecified atom stereocenters. The van der Waals surface area contributed by atoms with Crippen LogP contribution in [0.5, 0.6) is 0 Å². The summed E-state index contributed by atoms with van der Waals surface area (Å²) in [6.07, 6.45) is 1.63. The Morgan fingerprint density at radius 3 is 2.42 bits per heavy atom. The van der Waals surface area contributed by atoms with E-state index in [-0.39, 0.29) is 0 Å². The molecule has 3 nitrogen and oxygen atoms in total. The molecule has 2 aromatic rings. The normalized spacial score (nSPS) is 20.4. The average Bonchev–Trinajstić information content (AvgIpc) is 2.77. The Morgan fingerprint density at radius 2 is 1.74 bits per heavy atom. The van der Waals surface area contributed by atoms with Crippen molar-refractivity contribution in [3.05, 3.63) is 30.6 Å². The van der Waals surface area contributed by atoms with Gasteiger partial charge in [0.25, 0.3) is 0 Å². The second-order valence-corrected chi connectivity index (χ2v) is 6.62. The highest BCUT2D eigenvalue weighted by Gasteiger charge is 2.64. The summed E-state index contributed by atoms with van der Waals surface area (Å²) in [7, 11) is 0. The number of fused-ring (bicyclic) bond motifs is 1. The van der Waals surface area contributed by atoms with Crippen molar-refractivity contribution >= 4 is 16.7 Å². The zero-order chi connectivity index (χ0) is 13.7. The lowest BCUT2D eigenvalue weighted by Crippen LogP contribution is -2.09. The maximum absolute atomic E-state index is 4.38. The van der Waals surface area contributed by atoms with Gasteiger partial charge in [0.1, 0.15) is 12.1 Å². The third-order valence-electron chi connectivity index (χ3n) is 5.34. The summed E-state index contributed by atoms with van der Waals surface area (Å²) < 4.78 is 0. The number of para-hydroxylation sites is 1. The fourth-order valence-corrected chi connectivity index (χ4v) is 3.19. The van der Waals surface area contributed by atoms with Crippen molar-refractivity contribution in [1.29, 1.82) is 0 Å². The first-order valence-corrected chi connectivity index (χ1v) is 6.88. The van der Waals surface area contributed by atoms with Crippen molar-refractivity contribution in [2.75, 3.05) is 11.9 Å². The number of aromatic nitrogens is 2. The molecule has 19 heavy (non-hydrogen) atoms. The largest absolute Gasteiger partial charge is 0.369 e. The molecule has 1 N–H and O–H groups in total. The molecule has 1 aliphatic rings. The van der Waals surface area contributed by atoms with Crippen LogP contribution in [0.1, 0.15) is 27.7 Å². The lowest BCUT2D eigenvalue weighted by atomic mass is 10.0. The molecular weight excluding hydrogens is 234 g/mol. The Hall–Kier alpha value is -1.64. The summed E-state index contributed by atoms with van der Waals surface area (Å²) in [6, 6.07) is 8.13. The number of hydrogen-bond acceptors (Lipinski definition) is 3. The predicted molar refractivity (Wildman–Crippen MR) is 79.1 cm³/mol. The molecule has 1 heterocycles. The van der Waals surface area contributed by atoms with Gasteiger partial charge in [-0.2, -0.15) is 0 Å². The SMILES string of the molecule is CC1(C)C(CNc2ncnc3ccccc23)C1(C)C. The van der Waals surface area contributed by atoms with Gasteiger partial charge in [-0.05, 0) is 28.9 Å². The lowest BCUT2D eigenvalue weighted by Gasteiger charge is -2.09. The summed E-state index contributed by atoms with van der Waals surface area (Å²) in [5.74, 6) is 1.64. The third-order valence-corrected chi connectivity index (χ3v) is 5.34. The van der Waals surface area contributed by atoms with Crippen LogP contribution in [0.3, 0.4) is 0 Å². The number of anilines is 1. The van der Waals surface area contributed by atoms with E-state index in [4.69, 9.17) is 0 Å². The monoisotopic (exact) mass is 255 g/mol. The first-order chi connectivity index (χ1) is 8.94. The van der Waals surface area contributed by atoms with Gasteiger partial charge in [0, 0.05) is 11.9 Å². The van der Waals surface area contributed by atoms with Gasteiger partial charge in [0.15, 0.2) is 0 Å². The highest BCUT2D eigenvalue weighted by molar-refractivity contribution is 5.88. The van der Waals surface area contributed by atoms with E-state index in [0.717, 1.165) is 23.3 Å². The van der Waals surface area contributed by atoms with Crippen LogP contribution in [0.4, 0.5) is 5.82 Å². The molecule has 0 bridgehead atoms. The summed E-state index contributed by atoms with van der Waals surface area (Å²) in [5, 5.41) is 4.61. The number of hydrogen-bond donors (Lipinski definition) is 1. The molecule has 1 aliphatic carbocycles. The molecule has 0 aliphatic heterocycles. The molecule has 0 radical (unpaired) electrons. The lowest BCUT2D eigenvalue weighted by molar-refractivity contribution is 0.457. The van der Waals surface area contributed by atoms with Gasteiger partial charge in [-0.25, -0.2) is 9.97 Å². The minimum absolute atomic E-state index is 0.406. The zero-order valence-electron chi connectivity index (χ0n) is 12.1. The van der Waals surface area contributed by atoms with Gasteiger partial charge >= 0.3 is 0 Å². The maximum Gasteiger partial charge on any atom is 0.137 e. The van der Waals surface area contributed by atoms with E-state index in [1.807, 2.05) is 18.2 Å². The maximum atomic E-state index is 4.38.